The maximum atomic E-state index is 14.9. The minimum Gasteiger partial charge on any atom is -0.489 e. The molecule has 20 heteroatoms. The number of pyridine rings is 1. The summed E-state index contributed by atoms with van der Waals surface area (Å²) in [6.45, 7) is 11.2. The van der Waals surface area contributed by atoms with E-state index in [1.807, 2.05) is 30.5 Å². The summed E-state index contributed by atoms with van der Waals surface area (Å²) in [6, 6.07) is 21.9. The molecule has 3 N–H and O–H groups in total. The maximum absolute atomic E-state index is 14.9. The Balaban J connectivity index is 0.721. The number of rotatable bonds is 10. The van der Waals surface area contributed by atoms with Crippen LogP contribution in [0.1, 0.15) is 111 Å². The Morgan fingerprint density at radius 2 is 1.58 bits per heavy atom. The molecule has 7 fully saturated rings. The van der Waals surface area contributed by atoms with Gasteiger partial charge in [0.25, 0.3) is 21.6 Å². The van der Waals surface area contributed by atoms with Crippen LogP contribution in [0.4, 0.5) is 28.4 Å². The molecule has 430 valence electrons. The zero-order valence-corrected chi connectivity index (χ0v) is 47.1. The average Bonchev–Trinajstić information content (AvgIpc) is 4.07. The van der Waals surface area contributed by atoms with Gasteiger partial charge in [-0.1, -0.05) is 24.3 Å². The Morgan fingerprint density at radius 1 is 0.802 bits per heavy atom. The van der Waals surface area contributed by atoms with Gasteiger partial charge in [0.1, 0.15) is 24.0 Å². The number of carbonyl (C=O) groups is 1. The second kappa shape index (κ2) is 21.3. The van der Waals surface area contributed by atoms with Crippen LogP contribution in [0.2, 0.25) is 0 Å². The largest absolute Gasteiger partial charge is 0.489 e. The van der Waals surface area contributed by atoms with Crippen LogP contribution in [0, 0.1) is 33.8 Å². The number of ether oxygens (including phenoxy) is 5. The fourth-order valence-corrected chi connectivity index (χ4v) is 16.7. The van der Waals surface area contributed by atoms with E-state index in [1.165, 1.54) is 68.6 Å². The number of nitro benzene ring substituents is 1. The Kier molecular flexibility index (Phi) is 13.9. The van der Waals surface area contributed by atoms with Crippen LogP contribution >= 0.6 is 0 Å². The molecule has 9 aliphatic rings. The monoisotopic (exact) mass is 1130 g/mol. The summed E-state index contributed by atoms with van der Waals surface area (Å²) in [6.07, 6.45) is 15.7. The second-order valence-corrected chi connectivity index (χ2v) is 26.6. The van der Waals surface area contributed by atoms with Crippen molar-refractivity contribution < 1.29 is 41.8 Å². The number of hydrogen-bond acceptors (Lipinski definition) is 16. The van der Waals surface area contributed by atoms with Gasteiger partial charge in [-0.25, -0.2) is 13.1 Å². The standard InChI is InChI=1S/C61H75N9O10S/c1-39-4-2-3-5-46(39)53-36-67(42-8-14-60(15-9-42)18-28-77-29-19-60)23-24-68(53)44-34-61(35-44)16-21-66(22-17-61)43-6-7-47(50(31-43)69-49-13-27-78-38-55(49)80-59-52(69)30-41-10-20-62-57(41)64-59)58(71)65-81(74,75)45-32-51(70(72)73)56-54(33-45)79-37-48(63-56)40-11-25-76-26-12-40/h2-7,10,20,30-33,40,42,44,48-49,53,55,63H,8-9,11-19,21-29,34-38H2,1H3,(H,62,64)(H,65,71)/t48-,49-,53-,55-/m0/s1. The van der Waals surface area contributed by atoms with Gasteiger partial charge in [-0.3, -0.25) is 24.7 Å². The number of nitrogens with zero attached hydrogens (tertiary/aromatic N) is 6. The Morgan fingerprint density at radius 3 is 2.37 bits per heavy atom. The summed E-state index contributed by atoms with van der Waals surface area (Å²) in [5, 5.41) is 16.7. The van der Waals surface area contributed by atoms with Gasteiger partial charge in [-0.05, 0) is 149 Å². The van der Waals surface area contributed by atoms with E-state index in [9.17, 15) is 23.3 Å². The summed E-state index contributed by atoms with van der Waals surface area (Å²) in [4.78, 5) is 44.8. The summed E-state index contributed by atoms with van der Waals surface area (Å²) in [5.74, 6) is -0.303. The SMILES string of the molecule is Cc1ccccc1[C@@H]1CN(C2CCC3(CCOCC3)CC2)CCN1C1CC2(CCN(c3ccc(C(=O)NS(=O)(=O)c4cc5c(c([N+](=O)[O-])c4)N[C@H](C4CCOCC4)CO5)c(N4c5cc6cc[nH]c6nc5O[C@H]5COCC[C@@H]54)c3)CC2)C1. The van der Waals surface area contributed by atoms with Crippen molar-refractivity contribution in [2.24, 2.45) is 16.7 Å². The van der Waals surface area contributed by atoms with E-state index in [-0.39, 0.29) is 47.0 Å². The van der Waals surface area contributed by atoms with Gasteiger partial charge in [0.2, 0.25) is 5.88 Å². The van der Waals surface area contributed by atoms with Gasteiger partial charge in [0.15, 0.2) is 11.4 Å². The van der Waals surface area contributed by atoms with Crippen molar-refractivity contribution in [3.05, 3.63) is 99.7 Å². The minimum atomic E-state index is -4.70. The molecule has 5 saturated heterocycles. The molecule has 9 heterocycles. The predicted octanol–water partition coefficient (Wildman–Crippen LogP) is 9.03. The number of hydrogen-bond donors (Lipinski definition) is 3. The summed E-state index contributed by atoms with van der Waals surface area (Å²) < 4.78 is 61.1. The van der Waals surface area contributed by atoms with Crippen molar-refractivity contribution in [1.29, 1.82) is 0 Å². The number of aryl methyl sites for hydroxylation is 1. The molecule has 2 spiro atoms. The molecule has 0 radical (unpaired) electrons. The molecule has 2 saturated carbocycles. The highest BCUT2D eigenvalue weighted by molar-refractivity contribution is 7.90. The van der Waals surface area contributed by atoms with Crippen LogP contribution in [-0.2, 0) is 24.2 Å². The van der Waals surface area contributed by atoms with Crippen LogP contribution in [0.15, 0.2) is 77.8 Å². The third-order valence-electron chi connectivity index (χ3n) is 20.5. The first-order valence-electron chi connectivity index (χ1n) is 29.8. The zero-order chi connectivity index (χ0) is 55.0. The molecule has 5 aromatic rings. The molecule has 7 aliphatic heterocycles. The minimum absolute atomic E-state index is 0.0354. The lowest BCUT2D eigenvalue weighted by Gasteiger charge is -2.59. The first kappa shape index (κ1) is 53.0. The number of sulfonamides is 1. The van der Waals surface area contributed by atoms with E-state index < -0.39 is 37.5 Å². The van der Waals surface area contributed by atoms with Gasteiger partial charge >= 0.3 is 0 Å². The number of carbonyl (C=O) groups excluding carboxylic acids is 1. The number of nitrogens with one attached hydrogen (secondary N) is 3. The number of benzene rings is 3. The fourth-order valence-electron chi connectivity index (χ4n) is 15.7. The summed E-state index contributed by atoms with van der Waals surface area (Å²) >= 11 is 0. The highest BCUT2D eigenvalue weighted by Crippen LogP contribution is 2.55. The average molecular weight is 1130 g/mol. The number of fused-ring (bicyclic) bond motifs is 4. The van der Waals surface area contributed by atoms with Gasteiger partial charge in [-0.15, -0.1) is 0 Å². The van der Waals surface area contributed by atoms with Crippen molar-refractivity contribution in [3.8, 4) is 11.6 Å². The van der Waals surface area contributed by atoms with Gasteiger partial charge in [0, 0.05) is 113 Å². The first-order chi connectivity index (χ1) is 39.4. The molecule has 81 heavy (non-hydrogen) atoms. The third kappa shape index (κ3) is 9.98. The molecule has 0 bridgehead atoms. The normalized spacial score (nSPS) is 27.0. The van der Waals surface area contributed by atoms with Crippen LogP contribution < -0.4 is 29.3 Å². The Hall–Kier alpha value is -6.03. The fraction of sp³-hybridized carbons (Fsp3) is 0.574. The summed E-state index contributed by atoms with van der Waals surface area (Å²) in [7, 11) is -4.70. The van der Waals surface area contributed by atoms with E-state index in [4.69, 9.17) is 28.7 Å². The second-order valence-electron chi connectivity index (χ2n) is 24.9. The first-order valence-corrected chi connectivity index (χ1v) is 31.3. The van der Waals surface area contributed by atoms with E-state index in [0.29, 0.717) is 79.3 Å². The van der Waals surface area contributed by atoms with Crippen molar-refractivity contribution >= 4 is 55.4 Å². The number of anilines is 4. The maximum Gasteiger partial charge on any atom is 0.297 e. The van der Waals surface area contributed by atoms with E-state index in [1.54, 1.807) is 6.07 Å². The highest BCUT2D eigenvalue weighted by Gasteiger charge is 2.51. The molecule has 1 amide bonds. The molecule has 4 atom stereocenters. The quantitative estimate of drug-likeness (QED) is 0.0881. The molecular formula is C61H75N9O10S. The van der Waals surface area contributed by atoms with Crippen molar-refractivity contribution in [3.63, 3.8) is 0 Å². The number of aromatic nitrogens is 2. The van der Waals surface area contributed by atoms with Crippen molar-refractivity contribution in [2.45, 2.75) is 132 Å². The van der Waals surface area contributed by atoms with Crippen LogP contribution in [0.3, 0.4) is 0 Å². The number of amides is 1. The number of nitro groups is 1. The van der Waals surface area contributed by atoms with Gasteiger partial charge in [-0.2, -0.15) is 4.98 Å². The Bertz CT molecular complexity index is 3300. The molecule has 14 rings (SSSR count). The smallest absolute Gasteiger partial charge is 0.297 e. The third-order valence-corrected chi connectivity index (χ3v) is 21.9. The summed E-state index contributed by atoms with van der Waals surface area (Å²) in [5.41, 5.74) is 6.10. The number of piperidine rings is 1. The molecule has 0 unspecified atom stereocenters. The van der Waals surface area contributed by atoms with Gasteiger partial charge < -0.3 is 43.8 Å². The van der Waals surface area contributed by atoms with E-state index in [0.717, 1.165) is 88.8 Å². The van der Waals surface area contributed by atoms with Crippen LogP contribution in [0.25, 0.3) is 11.0 Å². The van der Waals surface area contributed by atoms with E-state index >= 15 is 0 Å². The molecule has 3 aromatic carbocycles. The van der Waals surface area contributed by atoms with Crippen molar-refractivity contribution in [1.82, 2.24) is 24.5 Å². The van der Waals surface area contributed by atoms with Crippen LogP contribution in [0.5, 0.6) is 11.6 Å². The lowest BCUT2D eigenvalue weighted by atomic mass is 9.59. The number of piperazine rings is 1. The number of aromatic amines is 1. The van der Waals surface area contributed by atoms with Crippen LogP contribution in [-0.4, -0.2) is 148 Å². The van der Waals surface area contributed by atoms with Crippen molar-refractivity contribution in [2.75, 3.05) is 94.1 Å². The molecule has 2 aromatic heterocycles. The molecule has 2 aliphatic carbocycles. The molecule has 19 nitrogen and oxygen atoms in total. The number of H-pyrrole nitrogens is 1. The lowest BCUT2D eigenvalue weighted by molar-refractivity contribution is -0.384. The predicted molar refractivity (Wildman–Crippen MR) is 306 cm³/mol. The van der Waals surface area contributed by atoms with Gasteiger partial charge in [0.05, 0.1) is 39.8 Å². The highest BCUT2D eigenvalue weighted by atomic mass is 32.2. The van der Waals surface area contributed by atoms with E-state index in [2.05, 4.69) is 65.8 Å². The lowest BCUT2D eigenvalue weighted by Crippen LogP contribution is -2.61. The topological polar surface area (TPSA) is 206 Å². The molecular weight excluding hydrogens is 1050 g/mol. The Labute approximate surface area is 473 Å². The zero-order valence-electron chi connectivity index (χ0n) is 46.3.